The van der Waals surface area contributed by atoms with Gasteiger partial charge in [0.15, 0.2) is 5.78 Å². The van der Waals surface area contributed by atoms with Crippen LogP contribution in [0.5, 0.6) is 0 Å². The molecule has 1 saturated heterocycles. The van der Waals surface area contributed by atoms with Gasteiger partial charge in [0, 0.05) is 31.1 Å². The number of nitrogens with zero attached hydrogens (tertiary/aromatic N) is 2. The molecule has 0 saturated carbocycles. The number of aryl methyl sites for hydroxylation is 1. The van der Waals surface area contributed by atoms with E-state index in [2.05, 4.69) is 29.6 Å². The third-order valence-corrected chi connectivity index (χ3v) is 5.86. The number of fused-ring (bicyclic) bond motifs is 1. The Hall–Kier alpha value is -3.16. The Morgan fingerprint density at radius 1 is 1.30 bits per heavy atom. The molecule has 0 unspecified atom stereocenters. The predicted octanol–water partition coefficient (Wildman–Crippen LogP) is 2.13. The summed E-state index contributed by atoms with van der Waals surface area (Å²) in [6.07, 6.45) is 2.36. The van der Waals surface area contributed by atoms with E-state index in [1.807, 2.05) is 17.7 Å². The van der Waals surface area contributed by atoms with Crippen molar-refractivity contribution >= 4 is 23.3 Å². The summed E-state index contributed by atoms with van der Waals surface area (Å²) in [5.41, 5.74) is 9.51. The van der Waals surface area contributed by atoms with Crippen molar-refractivity contribution in [1.82, 2.24) is 15.1 Å². The molecule has 1 aromatic heterocycles. The van der Waals surface area contributed by atoms with Crippen LogP contribution >= 0.6 is 0 Å². The molecule has 158 valence electrons. The Kier molecular flexibility index (Phi) is 4.88. The standard InChI is InChI=1S/C22H27N5O3/c1-12-20-17(9-22(2,3)10-18(20)28)27(26-12)14-5-6-15(21(23)30)16(8-14)25-13-4-7-19(29)24-11-13/h5-6,8,13,25H,4,7,9-11H2,1-3H3,(H2,23,30)(H,24,29)/t13-/m0/s1. The SMILES string of the molecule is Cc1nn(-c2ccc(C(N)=O)c(N[C@H]3CCC(=O)NC3)c2)c2c1C(=O)CC(C)(C)C2. The number of nitrogens with one attached hydrogen (secondary N) is 2. The van der Waals surface area contributed by atoms with Crippen molar-refractivity contribution in [3.63, 3.8) is 0 Å². The van der Waals surface area contributed by atoms with Crippen molar-refractivity contribution in [1.29, 1.82) is 0 Å². The zero-order valence-corrected chi connectivity index (χ0v) is 17.5. The van der Waals surface area contributed by atoms with Crippen LogP contribution < -0.4 is 16.4 Å². The number of nitrogens with two attached hydrogens (primary N) is 1. The summed E-state index contributed by atoms with van der Waals surface area (Å²) in [6.45, 7) is 6.51. The van der Waals surface area contributed by atoms with E-state index in [0.717, 1.165) is 17.8 Å². The smallest absolute Gasteiger partial charge is 0.250 e. The number of benzene rings is 1. The summed E-state index contributed by atoms with van der Waals surface area (Å²) in [6, 6.07) is 5.33. The molecular weight excluding hydrogens is 382 g/mol. The summed E-state index contributed by atoms with van der Waals surface area (Å²) >= 11 is 0. The fraction of sp³-hybridized carbons (Fsp3) is 0.455. The number of carbonyl (C=O) groups excluding carboxylic acids is 3. The molecule has 4 rings (SSSR count). The Bertz CT molecular complexity index is 1040. The van der Waals surface area contributed by atoms with Crippen LogP contribution in [0.25, 0.3) is 5.69 Å². The van der Waals surface area contributed by atoms with Crippen molar-refractivity contribution in [2.45, 2.75) is 52.5 Å². The lowest BCUT2D eigenvalue weighted by molar-refractivity contribution is -0.122. The lowest BCUT2D eigenvalue weighted by atomic mass is 9.75. The number of piperidine rings is 1. The van der Waals surface area contributed by atoms with Crippen LogP contribution in [0.4, 0.5) is 5.69 Å². The minimum atomic E-state index is -0.529. The zero-order chi connectivity index (χ0) is 21.6. The first-order valence-corrected chi connectivity index (χ1v) is 10.2. The molecule has 1 aromatic carbocycles. The molecule has 2 amide bonds. The Balaban J connectivity index is 1.74. The van der Waals surface area contributed by atoms with Gasteiger partial charge in [0.25, 0.3) is 5.91 Å². The van der Waals surface area contributed by atoms with Crippen molar-refractivity contribution in [3.8, 4) is 5.69 Å². The van der Waals surface area contributed by atoms with Gasteiger partial charge >= 0.3 is 0 Å². The van der Waals surface area contributed by atoms with E-state index in [-0.39, 0.29) is 23.1 Å². The molecule has 8 nitrogen and oxygen atoms in total. The van der Waals surface area contributed by atoms with E-state index in [1.165, 1.54) is 0 Å². The van der Waals surface area contributed by atoms with Crippen molar-refractivity contribution in [2.24, 2.45) is 11.1 Å². The first kappa shape index (κ1) is 20.1. The van der Waals surface area contributed by atoms with E-state index in [9.17, 15) is 14.4 Å². The summed E-state index contributed by atoms with van der Waals surface area (Å²) in [5, 5.41) is 10.8. The molecule has 1 aliphatic heterocycles. The highest BCUT2D eigenvalue weighted by Gasteiger charge is 2.35. The van der Waals surface area contributed by atoms with Crippen LogP contribution in [0.3, 0.4) is 0 Å². The molecule has 0 bridgehead atoms. The van der Waals surface area contributed by atoms with E-state index in [4.69, 9.17) is 5.73 Å². The number of hydrogen-bond acceptors (Lipinski definition) is 5. The summed E-state index contributed by atoms with van der Waals surface area (Å²) in [5.74, 6) is -0.378. The topological polar surface area (TPSA) is 119 Å². The van der Waals surface area contributed by atoms with Gasteiger partial charge in [-0.05, 0) is 43.4 Å². The fourth-order valence-electron chi connectivity index (χ4n) is 4.43. The number of aromatic nitrogens is 2. The summed E-state index contributed by atoms with van der Waals surface area (Å²) < 4.78 is 1.81. The monoisotopic (exact) mass is 409 g/mol. The lowest BCUT2D eigenvalue weighted by Crippen LogP contribution is -2.42. The summed E-state index contributed by atoms with van der Waals surface area (Å²) in [7, 11) is 0. The van der Waals surface area contributed by atoms with Gasteiger partial charge in [-0.25, -0.2) is 4.68 Å². The van der Waals surface area contributed by atoms with Gasteiger partial charge < -0.3 is 16.4 Å². The van der Waals surface area contributed by atoms with Gasteiger partial charge in [-0.3, -0.25) is 14.4 Å². The van der Waals surface area contributed by atoms with Crippen LogP contribution in [0, 0.1) is 12.3 Å². The number of rotatable bonds is 4. The molecule has 2 heterocycles. The second-order valence-corrected chi connectivity index (χ2v) is 9.04. The van der Waals surface area contributed by atoms with Gasteiger partial charge in [0.2, 0.25) is 5.91 Å². The van der Waals surface area contributed by atoms with Crippen LogP contribution in [-0.4, -0.2) is 40.0 Å². The second-order valence-electron chi connectivity index (χ2n) is 9.04. The molecule has 1 atom stereocenters. The van der Waals surface area contributed by atoms with Crippen LogP contribution in [0.15, 0.2) is 18.2 Å². The van der Waals surface area contributed by atoms with Gasteiger partial charge in [-0.15, -0.1) is 0 Å². The first-order valence-electron chi connectivity index (χ1n) is 10.2. The summed E-state index contributed by atoms with van der Waals surface area (Å²) in [4.78, 5) is 36.1. The number of amides is 2. The van der Waals surface area contributed by atoms with Gasteiger partial charge in [0.1, 0.15) is 0 Å². The fourth-order valence-corrected chi connectivity index (χ4v) is 4.43. The maximum Gasteiger partial charge on any atom is 0.250 e. The highest BCUT2D eigenvalue weighted by atomic mass is 16.2. The number of carbonyl (C=O) groups is 3. The molecule has 2 aromatic rings. The largest absolute Gasteiger partial charge is 0.380 e. The van der Waals surface area contributed by atoms with Gasteiger partial charge in [-0.1, -0.05) is 13.8 Å². The molecule has 0 spiro atoms. The quantitative estimate of drug-likeness (QED) is 0.715. The van der Waals surface area contributed by atoms with Gasteiger partial charge in [0.05, 0.1) is 28.2 Å². The van der Waals surface area contributed by atoms with E-state index < -0.39 is 5.91 Å². The Labute approximate surface area is 175 Å². The molecular formula is C22H27N5O3. The predicted molar refractivity (Wildman–Crippen MR) is 113 cm³/mol. The zero-order valence-electron chi connectivity index (χ0n) is 17.5. The van der Waals surface area contributed by atoms with E-state index in [0.29, 0.717) is 48.3 Å². The lowest BCUT2D eigenvalue weighted by Gasteiger charge is -2.29. The van der Waals surface area contributed by atoms with Crippen molar-refractivity contribution < 1.29 is 14.4 Å². The van der Waals surface area contributed by atoms with Crippen LogP contribution in [0.2, 0.25) is 0 Å². The van der Waals surface area contributed by atoms with Crippen molar-refractivity contribution in [3.05, 3.63) is 40.7 Å². The Morgan fingerprint density at radius 2 is 2.07 bits per heavy atom. The first-order chi connectivity index (χ1) is 14.1. The number of anilines is 1. The average Bonchev–Trinajstić information content (AvgIpc) is 2.98. The third kappa shape index (κ3) is 3.69. The van der Waals surface area contributed by atoms with Gasteiger partial charge in [-0.2, -0.15) is 5.10 Å². The third-order valence-electron chi connectivity index (χ3n) is 5.86. The highest BCUT2D eigenvalue weighted by Crippen LogP contribution is 2.37. The van der Waals surface area contributed by atoms with Crippen LogP contribution in [-0.2, 0) is 11.2 Å². The molecule has 8 heteroatoms. The molecule has 2 aliphatic rings. The molecule has 4 N–H and O–H groups in total. The second kappa shape index (κ2) is 7.27. The number of Topliss-reactive ketones (excluding diaryl/α,β-unsaturated/α-hetero) is 1. The number of primary amides is 1. The highest BCUT2D eigenvalue weighted by molar-refractivity contribution is 6.00. The average molecular weight is 409 g/mol. The normalized spacial score (nSPS) is 20.4. The van der Waals surface area contributed by atoms with Crippen molar-refractivity contribution in [2.75, 3.05) is 11.9 Å². The maximum absolute atomic E-state index is 12.7. The minimum Gasteiger partial charge on any atom is -0.380 e. The van der Waals surface area contributed by atoms with E-state index in [1.54, 1.807) is 12.1 Å². The molecule has 0 radical (unpaired) electrons. The maximum atomic E-state index is 12.7. The molecule has 1 fully saturated rings. The van der Waals surface area contributed by atoms with Crippen LogP contribution in [0.1, 0.15) is 65.2 Å². The Morgan fingerprint density at radius 3 is 2.73 bits per heavy atom. The number of hydrogen-bond donors (Lipinski definition) is 3. The molecule has 1 aliphatic carbocycles. The molecule has 30 heavy (non-hydrogen) atoms. The van der Waals surface area contributed by atoms with E-state index >= 15 is 0 Å². The number of ketones is 1. The minimum absolute atomic E-state index is 0.00448.